The van der Waals surface area contributed by atoms with Crippen LogP contribution < -0.4 is 4.74 Å². The highest BCUT2D eigenvalue weighted by molar-refractivity contribution is 6.30. The van der Waals surface area contributed by atoms with Gasteiger partial charge >= 0.3 is 6.61 Å². The quantitative estimate of drug-likeness (QED) is 0.905. The summed E-state index contributed by atoms with van der Waals surface area (Å²) in [6, 6.07) is 4.56. The lowest BCUT2D eigenvalue weighted by atomic mass is 10.1. The minimum absolute atomic E-state index is 0.0631. The van der Waals surface area contributed by atoms with Crippen LogP contribution in [0, 0.1) is 0 Å². The minimum atomic E-state index is -2.87. The van der Waals surface area contributed by atoms with E-state index in [1.165, 1.54) is 12.1 Å². The first kappa shape index (κ1) is 15.4. The molecule has 2 rings (SSSR count). The molecule has 4 nitrogen and oxygen atoms in total. The fourth-order valence-electron chi connectivity index (χ4n) is 2.16. The highest BCUT2D eigenvalue weighted by Crippen LogP contribution is 2.26. The molecule has 7 heteroatoms. The van der Waals surface area contributed by atoms with Gasteiger partial charge in [0.15, 0.2) is 0 Å². The Kier molecular flexibility index (Phi) is 5.54. The number of ether oxygens (including phenoxy) is 2. The lowest BCUT2D eigenvalue weighted by molar-refractivity contribution is -0.0591. The van der Waals surface area contributed by atoms with Crippen molar-refractivity contribution in [3.05, 3.63) is 28.8 Å². The predicted octanol–water partition coefficient (Wildman–Crippen LogP) is 2.13. The number of benzene rings is 1. The Labute approximate surface area is 120 Å². The Morgan fingerprint density at radius 2 is 2.30 bits per heavy atom. The smallest absolute Gasteiger partial charge is 0.387 e. The zero-order valence-electron chi connectivity index (χ0n) is 10.8. The largest absolute Gasteiger partial charge is 0.434 e. The maximum Gasteiger partial charge on any atom is 0.387 e. The van der Waals surface area contributed by atoms with Crippen molar-refractivity contribution >= 4 is 11.6 Å². The van der Waals surface area contributed by atoms with Crippen LogP contribution in [-0.4, -0.2) is 49.0 Å². The van der Waals surface area contributed by atoms with Gasteiger partial charge in [-0.1, -0.05) is 11.6 Å². The molecule has 0 bridgehead atoms. The number of aliphatic hydroxyl groups is 1. The van der Waals surface area contributed by atoms with Crippen LogP contribution in [0.15, 0.2) is 18.2 Å². The summed E-state index contributed by atoms with van der Waals surface area (Å²) in [5, 5.41) is 9.56. The summed E-state index contributed by atoms with van der Waals surface area (Å²) in [5.74, 6) is 0.122. The molecule has 0 spiro atoms. The molecule has 0 amide bonds. The number of alkyl halides is 2. The van der Waals surface area contributed by atoms with Gasteiger partial charge in [-0.3, -0.25) is 4.90 Å². The van der Waals surface area contributed by atoms with Gasteiger partial charge in [0.25, 0.3) is 0 Å². The normalized spacial score (nSPS) is 20.4. The number of rotatable bonds is 5. The first-order valence-corrected chi connectivity index (χ1v) is 6.64. The van der Waals surface area contributed by atoms with Crippen molar-refractivity contribution < 1.29 is 23.4 Å². The van der Waals surface area contributed by atoms with E-state index in [0.717, 1.165) is 0 Å². The summed E-state index contributed by atoms with van der Waals surface area (Å²) >= 11 is 5.90. The molecule has 1 aromatic rings. The zero-order valence-corrected chi connectivity index (χ0v) is 11.5. The highest BCUT2D eigenvalue weighted by atomic mass is 35.5. The van der Waals surface area contributed by atoms with Gasteiger partial charge in [0.05, 0.1) is 19.3 Å². The Balaban J connectivity index is 2.08. The number of halogens is 3. The maximum atomic E-state index is 12.4. The van der Waals surface area contributed by atoms with Gasteiger partial charge < -0.3 is 14.6 Å². The molecule has 1 aliphatic rings. The van der Waals surface area contributed by atoms with Crippen LogP contribution >= 0.6 is 11.6 Å². The lowest BCUT2D eigenvalue weighted by Crippen LogP contribution is -2.43. The van der Waals surface area contributed by atoms with Crippen molar-refractivity contribution in [1.82, 2.24) is 4.90 Å². The predicted molar refractivity (Wildman–Crippen MR) is 70.2 cm³/mol. The molecule has 1 N–H and O–H groups in total. The average Bonchev–Trinajstić information content (AvgIpc) is 2.42. The third kappa shape index (κ3) is 4.28. The topological polar surface area (TPSA) is 41.9 Å². The van der Waals surface area contributed by atoms with Gasteiger partial charge in [0.2, 0.25) is 0 Å². The van der Waals surface area contributed by atoms with Crippen LogP contribution in [0.5, 0.6) is 5.75 Å². The zero-order chi connectivity index (χ0) is 14.5. The number of hydrogen-bond donors (Lipinski definition) is 1. The second kappa shape index (κ2) is 7.17. The van der Waals surface area contributed by atoms with Crippen LogP contribution in [0.3, 0.4) is 0 Å². The molecule has 0 saturated carbocycles. The van der Waals surface area contributed by atoms with Gasteiger partial charge in [0, 0.05) is 30.2 Å². The van der Waals surface area contributed by atoms with E-state index >= 15 is 0 Å². The molecule has 1 fully saturated rings. The standard InChI is InChI=1S/C13H16ClF2NO3/c14-10-1-2-12(20-13(15)16)9(5-10)6-17-3-4-19-11(7-17)8-18/h1-2,5,11,13,18H,3-4,6-8H2. The molecule has 112 valence electrons. The number of aliphatic hydroxyl groups excluding tert-OH is 1. The minimum Gasteiger partial charge on any atom is -0.434 e. The Morgan fingerprint density at radius 1 is 1.50 bits per heavy atom. The van der Waals surface area contributed by atoms with Crippen LogP contribution in [0.1, 0.15) is 5.56 Å². The van der Waals surface area contributed by atoms with Crippen LogP contribution in [0.4, 0.5) is 8.78 Å². The second-order valence-electron chi connectivity index (χ2n) is 4.54. The molecular weight excluding hydrogens is 292 g/mol. The molecule has 0 aliphatic carbocycles. The van der Waals surface area contributed by atoms with E-state index in [4.69, 9.17) is 21.4 Å². The molecule has 1 aliphatic heterocycles. The van der Waals surface area contributed by atoms with E-state index < -0.39 is 6.61 Å². The number of nitrogens with zero attached hydrogens (tertiary/aromatic N) is 1. The molecule has 0 radical (unpaired) electrons. The molecule has 1 aromatic carbocycles. The fourth-order valence-corrected chi connectivity index (χ4v) is 2.35. The highest BCUT2D eigenvalue weighted by Gasteiger charge is 2.21. The monoisotopic (exact) mass is 307 g/mol. The summed E-state index contributed by atoms with van der Waals surface area (Å²) in [4.78, 5) is 2.01. The lowest BCUT2D eigenvalue weighted by Gasteiger charge is -2.32. The molecule has 1 atom stereocenters. The van der Waals surface area contributed by atoms with Gasteiger partial charge in [-0.25, -0.2) is 0 Å². The summed E-state index contributed by atoms with van der Waals surface area (Å²) in [6.07, 6.45) is -0.248. The molecule has 1 saturated heterocycles. The van der Waals surface area contributed by atoms with Crippen LogP contribution in [-0.2, 0) is 11.3 Å². The summed E-state index contributed by atoms with van der Waals surface area (Å²) in [7, 11) is 0. The fraction of sp³-hybridized carbons (Fsp3) is 0.538. The molecule has 1 unspecified atom stereocenters. The summed E-state index contributed by atoms with van der Waals surface area (Å²) in [6.45, 7) is -0.815. The van der Waals surface area contributed by atoms with Gasteiger partial charge in [-0.05, 0) is 18.2 Å². The first-order chi connectivity index (χ1) is 9.58. The van der Waals surface area contributed by atoms with E-state index in [9.17, 15) is 8.78 Å². The first-order valence-electron chi connectivity index (χ1n) is 6.26. The third-order valence-corrected chi connectivity index (χ3v) is 3.29. The molecule has 20 heavy (non-hydrogen) atoms. The molecular formula is C13H16ClF2NO3. The van der Waals surface area contributed by atoms with Crippen molar-refractivity contribution in [2.45, 2.75) is 19.3 Å². The van der Waals surface area contributed by atoms with Crippen molar-refractivity contribution in [3.63, 3.8) is 0 Å². The Morgan fingerprint density at radius 3 is 3.00 bits per heavy atom. The van der Waals surface area contributed by atoms with E-state index in [1.54, 1.807) is 6.07 Å². The van der Waals surface area contributed by atoms with E-state index in [1.807, 2.05) is 4.90 Å². The Hall–Kier alpha value is -0.950. The Bertz CT molecular complexity index is 448. The van der Waals surface area contributed by atoms with Crippen molar-refractivity contribution in [3.8, 4) is 5.75 Å². The van der Waals surface area contributed by atoms with E-state index in [0.29, 0.717) is 36.8 Å². The third-order valence-electron chi connectivity index (χ3n) is 3.06. The van der Waals surface area contributed by atoms with E-state index in [2.05, 4.69) is 4.74 Å². The van der Waals surface area contributed by atoms with Gasteiger partial charge in [0.1, 0.15) is 5.75 Å². The number of hydrogen-bond acceptors (Lipinski definition) is 4. The van der Waals surface area contributed by atoms with Crippen molar-refractivity contribution in [1.29, 1.82) is 0 Å². The van der Waals surface area contributed by atoms with Crippen LogP contribution in [0.25, 0.3) is 0 Å². The molecule has 0 aromatic heterocycles. The van der Waals surface area contributed by atoms with Gasteiger partial charge in [-0.15, -0.1) is 0 Å². The maximum absolute atomic E-state index is 12.4. The van der Waals surface area contributed by atoms with Crippen LogP contribution in [0.2, 0.25) is 5.02 Å². The van der Waals surface area contributed by atoms with Crippen molar-refractivity contribution in [2.75, 3.05) is 26.3 Å². The van der Waals surface area contributed by atoms with Gasteiger partial charge in [-0.2, -0.15) is 8.78 Å². The average molecular weight is 308 g/mol. The second-order valence-corrected chi connectivity index (χ2v) is 4.98. The molecule has 1 heterocycles. The number of morpholine rings is 1. The summed E-state index contributed by atoms with van der Waals surface area (Å²) in [5.41, 5.74) is 0.594. The van der Waals surface area contributed by atoms with E-state index in [-0.39, 0.29) is 18.5 Å². The summed E-state index contributed by atoms with van der Waals surface area (Å²) < 4.78 is 34.6. The SMILES string of the molecule is OCC1CN(Cc2cc(Cl)ccc2OC(F)F)CCO1. The van der Waals surface area contributed by atoms with Crippen molar-refractivity contribution in [2.24, 2.45) is 0 Å².